The first-order chi connectivity index (χ1) is 8.22. The maximum atomic E-state index is 11.7. The minimum absolute atomic E-state index is 0.143. The van der Waals surface area contributed by atoms with Gasteiger partial charge in [-0.15, -0.1) is 0 Å². The molecule has 3 heteroatoms. The molecule has 3 nitrogen and oxygen atoms in total. The highest BCUT2D eigenvalue weighted by Crippen LogP contribution is 2.34. The quantitative estimate of drug-likeness (QED) is 0.793. The van der Waals surface area contributed by atoms with E-state index in [1.54, 1.807) is 0 Å². The van der Waals surface area contributed by atoms with Crippen molar-refractivity contribution in [3.8, 4) is 0 Å². The van der Waals surface area contributed by atoms with Crippen molar-refractivity contribution >= 4 is 5.97 Å². The standard InChI is InChI=1S/C14H19NO2/c1-10(11-6-4-3-5-7-11)15-13(12-8-9-12)14(16)17-2/h3-7,10,12-13,15H,8-9H2,1-2H3/t10-,13-/m1/s1. The van der Waals surface area contributed by atoms with Crippen LogP contribution in [0, 0.1) is 5.92 Å². The first-order valence-electron chi connectivity index (χ1n) is 6.11. The van der Waals surface area contributed by atoms with E-state index in [2.05, 4.69) is 24.4 Å². The zero-order valence-electron chi connectivity index (χ0n) is 10.3. The molecular formula is C14H19NO2. The van der Waals surface area contributed by atoms with Crippen LogP contribution in [-0.4, -0.2) is 19.1 Å². The van der Waals surface area contributed by atoms with Crippen molar-refractivity contribution in [2.24, 2.45) is 5.92 Å². The lowest BCUT2D eigenvalue weighted by Crippen LogP contribution is -2.40. The van der Waals surface area contributed by atoms with Crippen LogP contribution in [0.2, 0.25) is 0 Å². The third kappa shape index (κ3) is 3.07. The van der Waals surface area contributed by atoms with Gasteiger partial charge >= 0.3 is 5.97 Å². The van der Waals surface area contributed by atoms with Gasteiger partial charge < -0.3 is 4.74 Å². The van der Waals surface area contributed by atoms with Crippen LogP contribution < -0.4 is 5.32 Å². The van der Waals surface area contributed by atoms with Crippen molar-refractivity contribution in [2.45, 2.75) is 31.8 Å². The van der Waals surface area contributed by atoms with Gasteiger partial charge in [-0.05, 0) is 31.2 Å². The molecule has 0 amide bonds. The molecule has 2 rings (SSSR count). The van der Waals surface area contributed by atoms with Crippen molar-refractivity contribution in [3.05, 3.63) is 35.9 Å². The largest absolute Gasteiger partial charge is 0.468 e. The molecule has 1 fully saturated rings. The number of ether oxygens (including phenoxy) is 1. The van der Waals surface area contributed by atoms with Crippen LogP contribution in [0.5, 0.6) is 0 Å². The Morgan fingerprint density at radius 2 is 2.00 bits per heavy atom. The van der Waals surface area contributed by atoms with Gasteiger partial charge in [0.25, 0.3) is 0 Å². The summed E-state index contributed by atoms with van der Waals surface area (Å²) in [6.07, 6.45) is 2.24. The minimum atomic E-state index is -0.157. The van der Waals surface area contributed by atoms with Crippen molar-refractivity contribution in [1.29, 1.82) is 0 Å². The van der Waals surface area contributed by atoms with Gasteiger partial charge in [-0.3, -0.25) is 10.1 Å². The van der Waals surface area contributed by atoms with Gasteiger partial charge in [-0.25, -0.2) is 0 Å². The Balaban J connectivity index is 2.00. The topological polar surface area (TPSA) is 38.3 Å². The molecule has 0 bridgehead atoms. The highest BCUT2D eigenvalue weighted by molar-refractivity contribution is 5.76. The SMILES string of the molecule is COC(=O)[C@H](N[C@H](C)c1ccccc1)C1CC1. The van der Waals surface area contributed by atoms with Crippen molar-refractivity contribution in [1.82, 2.24) is 5.32 Å². The van der Waals surface area contributed by atoms with Gasteiger partial charge in [0.15, 0.2) is 0 Å². The van der Waals surface area contributed by atoms with E-state index in [0.717, 1.165) is 12.8 Å². The molecule has 17 heavy (non-hydrogen) atoms. The summed E-state index contributed by atoms with van der Waals surface area (Å²) < 4.78 is 4.85. The highest BCUT2D eigenvalue weighted by Gasteiger charge is 2.37. The molecule has 1 aliphatic carbocycles. The fourth-order valence-electron chi connectivity index (χ4n) is 2.06. The molecule has 0 radical (unpaired) electrons. The third-order valence-corrected chi connectivity index (χ3v) is 3.28. The Morgan fingerprint density at radius 3 is 2.53 bits per heavy atom. The van der Waals surface area contributed by atoms with Gasteiger partial charge in [-0.1, -0.05) is 30.3 Å². The molecule has 1 N–H and O–H groups in total. The average molecular weight is 233 g/mol. The minimum Gasteiger partial charge on any atom is -0.468 e. The molecule has 2 atom stereocenters. The Hall–Kier alpha value is -1.35. The van der Waals surface area contributed by atoms with Gasteiger partial charge in [0.05, 0.1) is 7.11 Å². The van der Waals surface area contributed by atoms with E-state index in [1.807, 2.05) is 18.2 Å². The highest BCUT2D eigenvalue weighted by atomic mass is 16.5. The Labute approximate surface area is 102 Å². The maximum absolute atomic E-state index is 11.7. The predicted molar refractivity (Wildman–Crippen MR) is 66.5 cm³/mol. The number of benzene rings is 1. The van der Waals surface area contributed by atoms with E-state index in [4.69, 9.17) is 4.74 Å². The summed E-state index contributed by atoms with van der Waals surface area (Å²) in [4.78, 5) is 11.7. The zero-order chi connectivity index (χ0) is 12.3. The van der Waals surface area contributed by atoms with Crippen molar-refractivity contribution < 1.29 is 9.53 Å². The van der Waals surface area contributed by atoms with E-state index in [-0.39, 0.29) is 18.1 Å². The first kappa shape index (κ1) is 12.1. The van der Waals surface area contributed by atoms with E-state index >= 15 is 0 Å². The molecule has 0 spiro atoms. The van der Waals surface area contributed by atoms with Gasteiger partial charge in [0, 0.05) is 6.04 Å². The number of hydrogen-bond acceptors (Lipinski definition) is 3. The summed E-state index contributed by atoms with van der Waals surface area (Å²) in [5.74, 6) is 0.309. The zero-order valence-corrected chi connectivity index (χ0v) is 10.3. The Morgan fingerprint density at radius 1 is 1.35 bits per heavy atom. The predicted octanol–water partition coefficient (Wildman–Crippen LogP) is 2.29. The van der Waals surface area contributed by atoms with Gasteiger partial charge in [0.2, 0.25) is 0 Å². The molecule has 1 aromatic carbocycles. The molecule has 92 valence electrons. The molecule has 0 unspecified atom stereocenters. The summed E-state index contributed by atoms with van der Waals surface area (Å²) in [7, 11) is 1.45. The van der Waals surface area contributed by atoms with E-state index in [0.29, 0.717) is 5.92 Å². The Kier molecular flexibility index (Phi) is 3.79. The number of nitrogens with one attached hydrogen (secondary N) is 1. The number of esters is 1. The fraction of sp³-hybridized carbons (Fsp3) is 0.500. The third-order valence-electron chi connectivity index (χ3n) is 3.28. The number of methoxy groups -OCH3 is 1. The van der Waals surface area contributed by atoms with Crippen LogP contribution in [-0.2, 0) is 9.53 Å². The lowest BCUT2D eigenvalue weighted by Gasteiger charge is -2.21. The smallest absolute Gasteiger partial charge is 0.323 e. The second-order valence-electron chi connectivity index (χ2n) is 4.64. The lowest BCUT2D eigenvalue weighted by molar-refractivity contribution is -0.144. The summed E-state index contributed by atoms with van der Waals surface area (Å²) in [6, 6.07) is 10.2. The van der Waals surface area contributed by atoms with Crippen LogP contribution in [0.25, 0.3) is 0 Å². The number of carbonyl (C=O) groups is 1. The second-order valence-corrected chi connectivity index (χ2v) is 4.64. The molecule has 0 saturated heterocycles. The molecule has 1 aliphatic rings. The van der Waals surface area contributed by atoms with Crippen molar-refractivity contribution in [2.75, 3.05) is 7.11 Å². The van der Waals surface area contributed by atoms with Crippen LogP contribution in [0.3, 0.4) is 0 Å². The molecule has 0 heterocycles. The monoisotopic (exact) mass is 233 g/mol. The number of carbonyl (C=O) groups excluding carboxylic acids is 1. The van der Waals surface area contributed by atoms with Gasteiger partial charge in [0.1, 0.15) is 6.04 Å². The fourth-order valence-corrected chi connectivity index (χ4v) is 2.06. The van der Waals surface area contributed by atoms with Crippen LogP contribution in [0.15, 0.2) is 30.3 Å². The average Bonchev–Trinajstić information content (AvgIpc) is 3.20. The van der Waals surface area contributed by atoms with Gasteiger partial charge in [-0.2, -0.15) is 0 Å². The molecule has 0 aliphatic heterocycles. The second kappa shape index (κ2) is 5.32. The summed E-state index contributed by atoms with van der Waals surface area (Å²) in [6.45, 7) is 2.08. The molecule has 0 aromatic heterocycles. The summed E-state index contributed by atoms with van der Waals surface area (Å²) >= 11 is 0. The van der Waals surface area contributed by atoms with Crippen molar-refractivity contribution in [3.63, 3.8) is 0 Å². The van der Waals surface area contributed by atoms with Crippen LogP contribution in [0.1, 0.15) is 31.4 Å². The Bertz CT molecular complexity index is 373. The van der Waals surface area contributed by atoms with Crippen LogP contribution in [0.4, 0.5) is 0 Å². The molecule has 1 saturated carbocycles. The lowest BCUT2D eigenvalue weighted by atomic mass is 10.1. The molecular weight excluding hydrogens is 214 g/mol. The molecule has 1 aromatic rings. The normalized spacial score (nSPS) is 18.5. The van der Waals surface area contributed by atoms with E-state index in [9.17, 15) is 4.79 Å². The first-order valence-corrected chi connectivity index (χ1v) is 6.11. The van der Waals surface area contributed by atoms with Crippen LogP contribution >= 0.6 is 0 Å². The summed E-state index contributed by atoms with van der Waals surface area (Å²) in [5.41, 5.74) is 1.20. The van der Waals surface area contributed by atoms with E-state index < -0.39 is 0 Å². The number of hydrogen-bond donors (Lipinski definition) is 1. The van der Waals surface area contributed by atoms with E-state index in [1.165, 1.54) is 12.7 Å². The summed E-state index contributed by atoms with van der Waals surface area (Å²) in [5, 5.41) is 3.37. The number of rotatable bonds is 5. The maximum Gasteiger partial charge on any atom is 0.323 e.